The Bertz CT molecular complexity index is 4200. The number of hydrogen-bond acceptors (Lipinski definition) is 17. The zero-order valence-corrected chi connectivity index (χ0v) is 61.4. The van der Waals surface area contributed by atoms with Gasteiger partial charge in [-0.2, -0.15) is 21.6 Å². The number of methoxy groups -OCH3 is 6. The first-order chi connectivity index (χ1) is 46.7. The largest absolute Gasteiger partial charge is 0.534 e. The summed E-state index contributed by atoms with van der Waals surface area (Å²) in [5.41, 5.74) is 5.60. The first-order valence-corrected chi connectivity index (χ1v) is 40.8. The number of aryl methyl sites for hydroxylation is 4. The van der Waals surface area contributed by atoms with Gasteiger partial charge in [0.2, 0.25) is 0 Å². The number of aliphatic imine (C=N–C) groups is 1. The molecule has 28 heteroatoms. The third kappa shape index (κ3) is 15.9. The molecule has 3 atom stereocenters. The van der Waals surface area contributed by atoms with Gasteiger partial charge in [-0.15, -0.1) is 0 Å². The number of anilines is 2. The molecule has 0 saturated carbocycles. The van der Waals surface area contributed by atoms with Crippen molar-refractivity contribution in [2.75, 3.05) is 79.1 Å². The molecular weight excluding hydrogens is 1340 g/mol. The van der Waals surface area contributed by atoms with E-state index in [0.29, 0.717) is 65.1 Å². The topological polar surface area (TPSA) is 231 Å². The fraction of sp³-hybridized carbons (Fsp3) is 0.408. The van der Waals surface area contributed by atoms with E-state index in [0.717, 1.165) is 51.9 Å². The van der Waals surface area contributed by atoms with E-state index in [9.17, 15) is 45.6 Å². The molecule has 5 aromatic rings. The molecular formula is C71H85F3N6O16SSi2. The highest BCUT2D eigenvalue weighted by molar-refractivity contribution is 7.87. The number of rotatable bonds is 20. The second kappa shape index (κ2) is 29.9. The maximum atomic E-state index is 14.0. The number of amides is 5. The molecule has 0 aliphatic carbocycles. The van der Waals surface area contributed by atoms with Crippen LogP contribution in [0.25, 0.3) is 11.1 Å². The molecule has 99 heavy (non-hydrogen) atoms. The number of benzene rings is 5. The van der Waals surface area contributed by atoms with E-state index in [1.165, 1.54) is 67.7 Å². The summed E-state index contributed by atoms with van der Waals surface area (Å²) < 4.78 is 110. The third-order valence-corrected chi connectivity index (χ3v) is 22.1. The summed E-state index contributed by atoms with van der Waals surface area (Å²) in [5, 5.41) is 0. The molecule has 5 amide bonds. The van der Waals surface area contributed by atoms with E-state index in [1.807, 2.05) is 24.7 Å². The summed E-state index contributed by atoms with van der Waals surface area (Å²) in [7, 11) is 0.207. The molecule has 0 N–H and O–H groups in total. The summed E-state index contributed by atoms with van der Waals surface area (Å²) in [6.45, 7) is 22.4. The van der Waals surface area contributed by atoms with Crippen LogP contribution in [0.15, 0.2) is 102 Å². The number of alkyl halides is 3. The highest BCUT2D eigenvalue weighted by Crippen LogP contribution is 2.46. The van der Waals surface area contributed by atoms with Gasteiger partial charge in [-0.3, -0.25) is 43.7 Å². The van der Waals surface area contributed by atoms with Crippen molar-refractivity contribution in [1.82, 2.24) is 14.7 Å². The van der Waals surface area contributed by atoms with Crippen LogP contribution in [-0.2, 0) is 33.4 Å². The molecule has 6 heterocycles. The minimum absolute atomic E-state index is 0.0199. The van der Waals surface area contributed by atoms with Crippen molar-refractivity contribution in [3.63, 3.8) is 0 Å². The molecule has 0 aromatic heterocycles. The maximum Gasteiger partial charge on any atom is 0.534 e. The van der Waals surface area contributed by atoms with Crippen LogP contribution in [0.3, 0.4) is 0 Å². The van der Waals surface area contributed by atoms with Crippen LogP contribution >= 0.6 is 0 Å². The van der Waals surface area contributed by atoms with Crippen molar-refractivity contribution >= 4 is 90.2 Å². The Kier molecular flexibility index (Phi) is 22.4. The highest BCUT2D eigenvalue weighted by atomic mass is 32.2. The number of ether oxygens (including phenoxy) is 8. The van der Waals surface area contributed by atoms with Gasteiger partial charge >= 0.3 is 15.6 Å². The highest BCUT2D eigenvalue weighted by Gasteiger charge is 2.52. The summed E-state index contributed by atoms with van der Waals surface area (Å²) >= 11 is 0. The summed E-state index contributed by atoms with van der Waals surface area (Å²) in [4.78, 5) is 79.5. The van der Waals surface area contributed by atoms with E-state index in [-0.39, 0.29) is 60.0 Å². The fourth-order valence-electron chi connectivity index (χ4n) is 12.4. The Morgan fingerprint density at radius 2 is 0.879 bits per heavy atom. The number of hydrogen-bond donors (Lipinski definition) is 0. The normalized spacial score (nSPS) is 18.0. The molecule has 0 fully saturated rings. The SMILES string of the molecule is COc1cc2c(cc1OC)C(=O)N1C=C(c3c(C)cccc3C)C[C@H]1C=N2.COc1cc2c(cc1OC)N(COCC[Si](C)(C)C)C(=O)[C@@H]1CC(OS(=O)(=O)C(F)(F)F)=CN1C2=O.COc1cc2c(cc1OC)N(COCC[Si](C)(C)C)C(=O)[C@@H]1CC(c3c(C)cccc3C)=CN1C2=O. The monoisotopic (exact) mass is 1420 g/mol. The predicted molar refractivity (Wildman–Crippen MR) is 375 cm³/mol. The standard InChI is InChI=1S/C28H36N2O5Si.C22H22N2O3.C21H27F3N2O8SSi/c1-18-9-8-10-19(2)26(18)20-13-23-28(32)30(17-35-11-12-36(5,6)7)22-15-25(34-4)24(33-3)14-21(22)27(31)29(23)16-20;1-13-6-5-7-14(2)21(13)15-8-16-11-23-18-10-20(27-4)19(26-3)9-17(18)22(25)24(16)12-15;1-31-17-9-14-15(10-18(17)32-2)26(12-33-6-7-36(3,4)5)20(28)16-8-13(11-25(16)19(14)27)34-35(29,30)21(22,23)24/h8-10,14-16,23H,11-13,17H2,1-7H3;5-7,9-12,16H,8H2,1-4H3;9-11,16H,6-8,12H2,1-5H3/t23-;2*16-/m000/s1. The Morgan fingerprint density at radius 1 is 0.505 bits per heavy atom. The number of carbonyl (C=O) groups is 5. The first-order valence-electron chi connectivity index (χ1n) is 32.0. The van der Waals surface area contributed by atoms with Gasteiger partial charge in [0.25, 0.3) is 29.5 Å². The molecule has 6 aliphatic heterocycles. The predicted octanol–water partition coefficient (Wildman–Crippen LogP) is 12.8. The molecule has 0 unspecified atom stereocenters. The van der Waals surface area contributed by atoms with E-state index in [4.69, 9.17) is 37.9 Å². The van der Waals surface area contributed by atoms with Crippen molar-refractivity contribution in [2.24, 2.45) is 4.99 Å². The molecule has 530 valence electrons. The van der Waals surface area contributed by atoms with E-state index < -0.39 is 67.9 Å². The van der Waals surface area contributed by atoms with E-state index in [2.05, 4.69) is 106 Å². The van der Waals surface area contributed by atoms with Crippen LogP contribution in [0.5, 0.6) is 34.5 Å². The lowest BCUT2D eigenvalue weighted by molar-refractivity contribution is -0.123. The quantitative estimate of drug-likeness (QED) is 0.0305. The number of halogens is 3. The van der Waals surface area contributed by atoms with Gasteiger partial charge in [0.1, 0.15) is 31.3 Å². The van der Waals surface area contributed by atoms with Gasteiger partial charge in [0.15, 0.2) is 34.5 Å². The van der Waals surface area contributed by atoms with E-state index in [1.54, 1.807) is 53.2 Å². The van der Waals surface area contributed by atoms with Crippen LogP contribution in [0.1, 0.15) is 83.7 Å². The lowest BCUT2D eigenvalue weighted by Gasteiger charge is -2.26. The minimum atomic E-state index is -5.98. The molecule has 11 rings (SSSR count). The Labute approximate surface area is 577 Å². The van der Waals surface area contributed by atoms with Crippen LogP contribution in [-0.4, -0.2) is 168 Å². The summed E-state index contributed by atoms with van der Waals surface area (Å²) in [5.74, 6) is -0.237. The average molecular weight is 1420 g/mol. The van der Waals surface area contributed by atoms with Crippen LogP contribution in [0.4, 0.5) is 30.2 Å². The van der Waals surface area contributed by atoms with Crippen molar-refractivity contribution < 1.29 is 87.6 Å². The molecule has 6 aliphatic rings. The molecule has 0 saturated heterocycles. The maximum absolute atomic E-state index is 14.0. The molecule has 5 aromatic carbocycles. The van der Waals surface area contributed by atoms with Gasteiger partial charge in [0.05, 0.1) is 82.5 Å². The fourth-order valence-corrected chi connectivity index (χ4v) is 14.4. The third-order valence-electron chi connectivity index (χ3n) is 17.6. The zero-order valence-electron chi connectivity index (χ0n) is 58.6. The van der Waals surface area contributed by atoms with Crippen LogP contribution < -0.4 is 38.2 Å². The van der Waals surface area contributed by atoms with Crippen LogP contribution in [0.2, 0.25) is 51.4 Å². The van der Waals surface area contributed by atoms with Crippen molar-refractivity contribution in [1.29, 1.82) is 0 Å². The lowest BCUT2D eigenvalue weighted by Crippen LogP contribution is -2.45. The minimum Gasteiger partial charge on any atom is -0.493 e. The number of carbonyl (C=O) groups excluding carboxylic acids is 5. The van der Waals surface area contributed by atoms with Crippen molar-refractivity contribution in [3.8, 4) is 34.5 Å². The second-order valence-corrected chi connectivity index (χ2v) is 39.7. The number of nitrogens with zero attached hydrogens (tertiary/aromatic N) is 6. The summed E-state index contributed by atoms with van der Waals surface area (Å²) in [6, 6.07) is 21.7. The Balaban J connectivity index is 0.000000175. The Morgan fingerprint density at radius 3 is 1.30 bits per heavy atom. The van der Waals surface area contributed by atoms with Gasteiger partial charge < -0.3 is 51.9 Å². The zero-order chi connectivity index (χ0) is 72.4. The second-order valence-electron chi connectivity index (χ2n) is 26.9. The Hall–Kier alpha value is -8.97. The smallest absolute Gasteiger partial charge is 0.493 e. The average Bonchev–Trinajstić information content (AvgIpc) is 1.65. The van der Waals surface area contributed by atoms with Crippen molar-refractivity contribution in [3.05, 3.63) is 147 Å². The molecule has 0 bridgehead atoms. The van der Waals surface area contributed by atoms with Crippen LogP contribution in [0, 0.1) is 27.7 Å². The molecule has 22 nitrogen and oxygen atoms in total. The molecule has 0 spiro atoms. The number of fused-ring (bicyclic) bond motifs is 6. The first kappa shape index (κ1) is 74.3. The molecule has 0 radical (unpaired) electrons. The van der Waals surface area contributed by atoms with Crippen molar-refractivity contribution in [2.45, 2.75) is 122 Å². The van der Waals surface area contributed by atoms with Gasteiger partial charge in [-0.1, -0.05) is 75.7 Å². The van der Waals surface area contributed by atoms with E-state index >= 15 is 0 Å². The lowest BCUT2D eigenvalue weighted by atomic mass is 9.93. The summed E-state index contributed by atoms with van der Waals surface area (Å²) in [6.07, 6.45) is 7.09. The van der Waals surface area contributed by atoms with Gasteiger partial charge in [-0.25, -0.2) is 0 Å². The van der Waals surface area contributed by atoms with Gasteiger partial charge in [0, 0.05) is 91.6 Å². The van der Waals surface area contributed by atoms with Gasteiger partial charge in [-0.05, 0) is 103 Å².